The molecule has 6 amide bonds. The minimum absolute atomic E-state index is 0.0212. The van der Waals surface area contributed by atoms with Gasteiger partial charge in [0.2, 0.25) is 17.7 Å². The smallest absolute Gasteiger partial charge is 0.328 e. The maximum absolute atomic E-state index is 13.8. The number of cyclic esters (lactones) is 1. The van der Waals surface area contributed by atoms with Crippen molar-refractivity contribution in [2.45, 2.75) is 83.6 Å². The van der Waals surface area contributed by atoms with E-state index in [2.05, 4.69) is 33.6 Å². The largest absolute Gasteiger partial charge is 0.464 e. The topological polar surface area (TPSA) is 222 Å². The van der Waals surface area contributed by atoms with E-state index >= 15 is 0 Å². The lowest BCUT2D eigenvalue weighted by Crippen LogP contribution is -2.61. The average Bonchev–Trinajstić information content (AvgIpc) is 3.54. The molecule has 5 atom stereocenters. The standard InChI is InChI=1S/C29H49N9O7S/c1-16(2)14-20(24(40)33-18(6-5-8-32-28(30)31)23(39)34-19-7-13-45-27(19)43)36-9-11-37(12-10-36)25(41)21(15-46)38-26(42)22(17(3)4)35-29(38)44/h16-22,46H,5-15H2,1-4H3,(H,33,40)(H,34,39)(H,35,44)(H4,30,31,32)/t18-,19?,20?,21?,22+/m0/s1. The number of esters is 1. The highest BCUT2D eigenvalue weighted by Gasteiger charge is 2.46. The van der Waals surface area contributed by atoms with Crippen LogP contribution in [-0.2, 0) is 28.7 Å². The number of rotatable bonds is 15. The number of hydrogen-bond donors (Lipinski definition) is 6. The number of aliphatic imine (C=N–C) groups is 1. The number of nitrogens with two attached hydrogens (primary N) is 2. The number of imide groups is 1. The molecule has 16 nitrogen and oxygen atoms in total. The summed E-state index contributed by atoms with van der Waals surface area (Å²) in [6, 6.07) is -4.66. The highest BCUT2D eigenvalue weighted by atomic mass is 32.1. The molecule has 3 aliphatic rings. The van der Waals surface area contributed by atoms with Crippen LogP contribution in [-0.4, -0.2) is 132 Å². The maximum Gasteiger partial charge on any atom is 0.328 e. The van der Waals surface area contributed by atoms with Crippen molar-refractivity contribution >= 4 is 54.2 Å². The molecule has 3 rings (SSSR count). The zero-order valence-electron chi connectivity index (χ0n) is 27.1. The summed E-state index contributed by atoms with van der Waals surface area (Å²) >= 11 is 4.29. The molecular weight excluding hydrogens is 618 g/mol. The molecule has 0 saturated carbocycles. The first-order valence-corrected chi connectivity index (χ1v) is 16.5. The van der Waals surface area contributed by atoms with Crippen molar-refractivity contribution in [2.75, 3.05) is 45.1 Å². The molecule has 0 bridgehead atoms. The highest BCUT2D eigenvalue weighted by Crippen LogP contribution is 2.21. The van der Waals surface area contributed by atoms with Crippen molar-refractivity contribution in [1.29, 1.82) is 0 Å². The zero-order chi connectivity index (χ0) is 34.1. The molecule has 3 unspecified atom stereocenters. The maximum atomic E-state index is 13.8. The lowest BCUT2D eigenvalue weighted by molar-refractivity contribution is -0.143. The van der Waals surface area contributed by atoms with Crippen LogP contribution in [0.25, 0.3) is 0 Å². The van der Waals surface area contributed by atoms with Crippen LogP contribution >= 0.6 is 12.6 Å². The third-order valence-electron chi connectivity index (χ3n) is 8.33. The minimum atomic E-state index is -1.05. The number of piperazine rings is 1. The van der Waals surface area contributed by atoms with Gasteiger partial charge in [-0.3, -0.25) is 29.1 Å². The predicted molar refractivity (Wildman–Crippen MR) is 172 cm³/mol. The summed E-state index contributed by atoms with van der Waals surface area (Å²) in [7, 11) is 0. The van der Waals surface area contributed by atoms with Gasteiger partial charge in [-0.05, 0) is 31.1 Å². The molecule has 0 aromatic heterocycles. The predicted octanol–water partition coefficient (Wildman–Crippen LogP) is -1.61. The number of nitrogens with one attached hydrogen (secondary N) is 3. The number of nitrogens with zero attached hydrogens (tertiary/aromatic N) is 4. The molecule has 0 aromatic rings. The normalized spacial score (nSPS) is 22.4. The van der Waals surface area contributed by atoms with Crippen LogP contribution in [0, 0.1) is 11.8 Å². The van der Waals surface area contributed by atoms with Gasteiger partial charge in [-0.25, -0.2) is 14.5 Å². The summed E-state index contributed by atoms with van der Waals surface area (Å²) < 4.78 is 4.95. The van der Waals surface area contributed by atoms with Crippen LogP contribution in [0.2, 0.25) is 0 Å². The Morgan fingerprint density at radius 3 is 2.24 bits per heavy atom. The molecule has 46 heavy (non-hydrogen) atoms. The van der Waals surface area contributed by atoms with Gasteiger partial charge in [0.1, 0.15) is 24.2 Å². The lowest BCUT2D eigenvalue weighted by Gasteiger charge is -2.41. The van der Waals surface area contributed by atoms with Crippen molar-refractivity contribution in [3.05, 3.63) is 0 Å². The molecule has 3 aliphatic heterocycles. The molecule has 258 valence electrons. The van der Waals surface area contributed by atoms with Crippen molar-refractivity contribution < 1.29 is 33.5 Å². The van der Waals surface area contributed by atoms with E-state index in [1.54, 1.807) is 4.90 Å². The fourth-order valence-corrected chi connectivity index (χ4v) is 6.12. The van der Waals surface area contributed by atoms with E-state index in [9.17, 15) is 28.8 Å². The Balaban J connectivity index is 1.68. The van der Waals surface area contributed by atoms with Crippen LogP contribution in [0.3, 0.4) is 0 Å². The molecule has 0 spiro atoms. The fourth-order valence-electron chi connectivity index (χ4n) is 5.80. The number of carbonyl (C=O) groups excluding carboxylic acids is 6. The molecule has 0 radical (unpaired) electrons. The first-order chi connectivity index (χ1) is 21.7. The van der Waals surface area contributed by atoms with Gasteiger partial charge < -0.3 is 37.1 Å². The summed E-state index contributed by atoms with van der Waals surface area (Å²) in [6.45, 7) is 9.36. The highest BCUT2D eigenvalue weighted by molar-refractivity contribution is 7.80. The van der Waals surface area contributed by atoms with E-state index in [1.165, 1.54) is 0 Å². The van der Waals surface area contributed by atoms with Crippen LogP contribution in [0.1, 0.15) is 53.4 Å². The molecule has 7 N–H and O–H groups in total. The average molecular weight is 668 g/mol. The number of carbonyl (C=O) groups is 6. The second-order valence-electron chi connectivity index (χ2n) is 12.6. The first-order valence-electron chi connectivity index (χ1n) is 15.8. The van der Waals surface area contributed by atoms with E-state index in [4.69, 9.17) is 16.2 Å². The monoisotopic (exact) mass is 667 g/mol. The number of ether oxygens (including phenoxy) is 1. The molecule has 17 heteroatoms. The molecule has 0 aromatic carbocycles. The molecule has 3 heterocycles. The van der Waals surface area contributed by atoms with Gasteiger partial charge in [-0.2, -0.15) is 12.6 Å². The quantitative estimate of drug-likeness (QED) is 0.0293. The van der Waals surface area contributed by atoms with Gasteiger partial charge in [0.15, 0.2) is 5.96 Å². The first kappa shape index (κ1) is 36.9. The number of hydrogen-bond acceptors (Lipinski definition) is 10. The van der Waals surface area contributed by atoms with E-state index in [1.807, 2.05) is 32.6 Å². The third kappa shape index (κ3) is 9.47. The van der Waals surface area contributed by atoms with E-state index in [0.717, 1.165) is 4.90 Å². The van der Waals surface area contributed by atoms with Crippen LogP contribution in [0.15, 0.2) is 4.99 Å². The Bertz CT molecular complexity index is 1170. The van der Waals surface area contributed by atoms with E-state index in [0.29, 0.717) is 32.4 Å². The number of urea groups is 1. The van der Waals surface area contributed by atoms with Crippen molar-refractivity contribution in [3.8, 4) is 0 Å². The molecule has 0 aliphatic carbocycles. The second kappa shape index (κ2) is 16.8. The van der Waals surface area contributed by atoms with Gasteiger partial charge in [-0.1, -0.05) is 27.7 Å². The summed E-state index contributed by atoms with van der Waals surface area (Å²) in [5.74, 6) is -2.28. The van der Waals surface area contributed by atoms with Crippen molar-refractivity contribution in [3.63, 3.8) is 0 Å². The second-order valence-corrected chi connectivity index (χ2v) is 13.0. The van der Waals surface area contributed by atoms with E-state index < -0.39 is 54.0 Å². The van der Waals surface area contributed by atoms with Crippen molar-refractivity contribution in [2.24, 2.45) is 28.3 Å². The van der Waals surface area contributed by atoms with Crippen molar-refractivity contribution in [1.82, 2.24) is 30.7 Å². The number of thiol groups is 1. The Morgan fingerprint density at radius 2 is 1.72 bits per heavy atom. The van der Waals surface area contributed by atoms with E-state index in [-0.39, 0.29) is 68.0 Å². The molecule has 3 fully saturated rings. The minimum Gasteiger partial charge on any atom is -0.464 e. The zero-order valence-corrected chi connectivity index (χ0v) is 28.0. The van der Waals surface area contributed by atoms with Crippen LogP contribution < -0.4 is 27.4 Å². The van der Waals surface area contributed by atoms with Crippen LogP contribution in [0.4, 0.5) is 4.79 Å². The number of guanidine groups is 1. The third-order valence-corrected chi connectivity index (χ3v) is 8.68. The summed E-state index contributed by atoms with van der Waals surface area (Å²) in [6.07, 6.45) is 1.48. The Morgan fingerprint density at radius 1 is 1.04 bits per heavy atom. The Hall–Kier alpha value is -3.60. The number of amides is 6. The summed E-state index contributed by atoms with van der Waals surface area (Å²) in [5, 5.41) is 8.22. The lowest BCUT2D eigenvalue weighted by atomic mass is 9.99. The van der Waals surface area contributed by atoms with Gasteiger partial charge in [-0.15, -0.1) is 0 Å². The van der Waals surface area contributed by atoms with Gasteiger partial charge in [0, 0.05) is 44.9 Å². The molecule has 3 saturated heterocycles. The summed E-state index contributed by atoms with van der Waals surface area (Å²) in [4.78, 5) is 86.5. The SMILES string of the molecule is CC(C)CC(C(=O)N[C@@H](CCCN=C(N)N)C(=O)NC1CCOC1=O)N1CCN(C(=O)C(CS)N2C(=O)N[C@H](C(C)C)C2=O)CC1. The van der Waals surface area contributed by atoms with Crippen LogP contribution in [0.5, 0.6) is 0 Å². The fraction of sp³-hybridized carbons (Fsp3) is 0.759. The summed E-state index contributed by atoms with van der Waals surface area (Å²) in [5.41, 5.74) is 10.8. The van der Waals surface area contributed by atoms with Gasteiger partial charge in [0.05, 0.1) is 12.6 Å². The Labute approximate surface area is 275 Å². The Kier molecular flexibility index (Phi) is 13.5. The van der Waals surface area contributed by atoms with Gasteiger partial charge >= 0.3 is 12.0 Å². The van der Waals surface area contributed by atoms with Gasteiger partial charge in [0.25, 0.3) is 5.91 Å². The molecular formula is C29H49N9O7S.